The van der Waals surface area contributed by atoms with Gasteiger partial charge in [-0.3, -0.25) is 0 Å². The van der Waals surface area contributed by atoms with Crippen molar-refractivity contribution in [2.75, 3.05) is 10.2 Å². The van der Waals surface area contributed by atoms with Gasteiger partial charge in [-0.2, -0.15) is 0 Å². The Morgan fingerprint density at radius 2 is 1.01 bits per heavy atom. The Labute approximate surface area is 432 Å². The summed E-state index contributed by atoms with van der Waals surface area (Å²) in [4.78, 5) is 2.36. The van der Waals surface area contributed by atoms with Gasteiger partial charge in [0.05, 0.1) is 11.1 Å². The van der Waals surface area contributed by atoms with Crippen LogP contribution in [0, 0.1) is 6.92 Å². The molecule has 0 fully saturated rings. The Hall–Kier alpha value is -9.26. The van der Waals surface area contributed by atoms with Crippen LogP contribution in [0.1, 0.15) is 54.9 Å². The molecule has 1 atom stereocenters. The summed E-state index contributed by atoms with van der Waals surface area (Å²) in [6.07, 6.45) is 0.822. The number of para-hydroxylation sites is 4. The topological polar surface area (TPSA) is 67.8 Å². The molecule has 0 amide bonds. The van der Waals surface area contributed by atoms with E-state index in [1.54, 1.807) is 0 Å². The van der Waals surface area contributed by atoms with Gasteiger partial charge in [0.1, 0.15) is 39.1 Å². The van der Waals surface area contributed by atoms with Crippen LogP contribution >= 0.6 is 0 Å². The van der Waals surface area contributed by atoms with Crippen LogP contribution in [0.15, 0.2) is 218 Å². The molecule has 6 nitrogen and oxygen atoms in total. The van der Waals surface area contributed by atoms with Crippen LogP contribution in [0.4, 0.5) is 28.4 Å². The minimum Gasteiger partial charge on any atom is -0.456 e. The fraction of sp³-hybridized carbons (Fsp3) is 0.101. The highest BCUT2D eigenvalue weighted by atomic mass is 16.3. The first-order chi connectivity index (χ1) is 36.8. The second-order valence-electron chi connectivity index (χ2n) is 20.8. The van der Waals surface area contributed by atoms with E-state index in [0.717, 1.165) is 144 Å². The largest absolute Gasteiger partial charge is 0.456 e. The summed E-state index contributed by atoms with van der Waals surface area (Å²) in [7, 11) is 0. The maximum absolute atomic E-state index is 7.03. The molecule has 0 saturated carbocycles. The maximum Gasteiger partial charge on any atom is 0.159 e. The zero-order chi connectivity index (χ0) is 50.1. The van der Waals surface area contributed by atoms with Crippen LogP contribution in [0.25, 0.3) is 109 Å². The van der Waals surface area contributed by atoms with Crippen molar-refractivity contribution < 1.29 is 17.7 Å². The van der Waals surface area contributed by atoms with Crippen molar-refractivity contribution in [1.82, 2.24) is 0 Å². The lowest BCUT2D eigenvalue weighted by Crippen LogP contribution is -2.13. The van der Waals surface area contributed by atoms with E-state index < -0.39 is 0 Å². The summed E-state index contributed by atoms with van der Waals surface area (Å²) >= 11 is 0. The molecule has 360 valence electrons. The Balaban J connectivity index is 0.860. The molecule has 15 rings (SSSR count). The minimum atomic E-state index is 0.210. The number of hydrogen-bond acceptors (Lipinski definition) is 6. The lowest BCUT2D eigenvalue weighted by molar-refractivity contribution is 0.661. The highest BCUT2D eigenvalue weighted by Gasteiger charge is 2.26. The van der Waals surface area contributed by atoms with Crippen LogP contribution in [0.2, 0.25) is 0 Å². The Morgan fingerprint density at radius 1 is 0.413 bits per heavy atom. The molecule has 0 aliphatic heterocycles. The molecular formula is C69H50N2O4. The first-order valence-electron chi connectivity index (χ1n) is 26.0. The lowest BCUT2D eigenvalue weighted by Gasteiger charge is -2.29. The molecule has 0 aliphatic rings. The number of nitrogens with one attached hydrogen (secondary N) is 1. The average molecular weight is 971 g/mol. The van der Waals surface area contributed by atoms with E-state index in [1.165, 1.54) is 22.3 Å². The van der Waals surface area contributed by atoms with Gasteiger partial charge < -0.3 is 27.9 Å². The fourth-order valence-electron chi connectivity index (χ4n) is 12.2. The van der Waals surface area contributed by atoms with Crippen molar-refractivity contribution in [3.63, 3.8) is 0 Å². The van der Waals surface area contributed by atoms with Gasteiger partial charge in [-0.1, -0.05) is 124 Å². The van der Waals surface area contributed by atoms with Gasteiger partial charge in [-0.15, -0.1) is 0 Å². The summed E-state index contributed by atoms with van der Waals surface area (Å²) in [5.74, 6) is 0.454. The van der Waals surface area contributed by atoms with E-state index in [1.807, 2.05) is 12.1 Å². The normalized spacial score (nSPS) is 12.7. The number of rotatable bonds is 9. The van der Waals surface area contributed by atoms with E-state index in [4.69, 9.17) is 17.7 Å². The first kappa shape index (κ1) is 43.3. The van der Waals surface area contributed by atoms with Gasteiger partial charge in [0.25, 0.3) is 0 Å². The molecule has 15 aromatic rings. The monoisotopic (exact) mass is 970 g/mol. The molecule has 0 bridgehead atoms. The predicted octanol–water partition coefficient (Wildman–Crippen LogP) is 20.6. The van der Waals surface area contributed by atoms with Gasteiger partial charge in [-0.05, 0) is 166 Å². The third-order valence-corrected chi connectivity index (χ3v) is 15.8. The molecule has 1 unspecified atom stereocenters. The van der Waals surface area contributed by atoms with Crippen molar-refractivity contribution in [1.29, 1.82) is 0 Å². The summed E-state index contributed by atoms with van der Waals surface area (Å²) in [6, 6.07) is 71.3. The van der Waals surface area contributed by atoms with Crippen LogP contribution < -0.4 is 10.2 Å². The molecule has 1 N–H and O–H groups in total. The molecule has 0 radical (unpaired) electrons. The highest BCUT2D eigenvalue weighted by molar-refractivity contribution is 6.24. The SMILES string of the molecule is Cc1c(C(C)Cc2cc3cc4c(cc3cc2Nc2ccccc2)oc2ccc3c5cc6ccc(N(c7ccccc7)c7c(C(C)C)ccc8c7oc7ccccc78)cc6cc5oc3c24)ccc2c1oc1ccccc12. The smallest absolute Gasteiger partial charge is 0.159 e. The van der Waals surface area contributed by atoms with Gasteiger partial charge in [0.2, 0.25) is 0 Å². The Bertz CT molecular complexity index is 4780. The van der Waals surface area contributed by atoms with E-state index in [2.05, 4.69) is 226 Å². The van der Waals surface area contributed by atoms with Crippen molar-refractivity contribution in [3.8, 4) is 0 Å². The number of anilines is 5. The third-order valence-electron chi connectivity index (χ3n) is 15.8. The Kier molecular flexibility index (Phi) is 9.61. The van der Waals surface area contributed by atoms with Crippen molar-refractivity contribution >= 4 is 138 Å². The highest BCUT2D eigenvalue weighted by Crippen LogP contribution is 2.48. The number of benzene rings is 11. The molecule has 6 heteroatoms. The molecule has 4 aromatic heterocycles. The van der Waals surface area contributed by atoms with Crippen LogP contribution in [-0.4, -0.2) is 0 Å². The molecule has 75 heavy (non-hydrogen) atoms. The lowest BCUT2D eigenvalue weighted by atomic mass is 9.88. The van der Waals surface area contributed by atoms with E-state index >= 15 is 0 Å². The Morgan fingerprint density at radius 3 is 1.77 bits per heavy atom. The van der Waals surface area contributed by atoms with Gasteiger partial charge in [0.15, 0.2) is 5.58 Å². The van der Waals surface area contributed by atoms with Crippen LogP contribution in [-0.2, 0) is 6.42 Å². The number of hydrogen-bond donors (Lipinski definition) is 1. The second kappa shape index (κ2) is 16.6. The minimum absolute atomic E-state index is 0.210. The van der Waals surface area contributed by atoms with Crippen LogP contribution in [0.5, 0.6) is 0 Å². The maximum atomic E-state index is 7.03. The van der Waals surface area contributed by atoms with Crippen LogP contribution in [0.3, 0.4) is 0 Å². The predicted molar refractivity (Wildman–Crippen MR) is 312 cm³/mol. The summed E-state index contributed by atoms with van der Waals surface area (Å²) in [6.45, 7) is 9.03. The zero-order valence-corrected chi connectivity index (χ0v) is 42.0. The van der Waals surface area contributed by atoms with Gasteiger partial charge in [0, 0.05) is 60.5 Å². The molecule has 0 spiro atoms. The molecular weight excluding hydrogens is 921 g/mol. The summed E-state index contributed by atoms with van der Waals surface area (Å²) in [5, 5.41) is 16.9. The van der Waals surface area contributed by atoms with Crippen molar-refractivity contribution in [2.45, 2.75) is 46.0 Å². The number of aryl methyl sites for hydroxylation is 1. The number of fused-ring (bicyclic) bond motifs is 15. The first-order valence-corrected chi connectivity index (χ1v) is 26.0. The van der Waals surface area contributed by atoms with Crippen molar-refractivity contribution in [3.05, 3.63) is 222 Å². The van der Waals surface area contributed by atoms with Gasteiger partial charge in [-0.25, -0.2) is 0 Å². The number of furan rings is 4. The quantitative estimate of drug-likeness (QED) is 0.155. The average Bonchev–Trinajstić information content (AvgIpc) is 4.21. The molecule has 0 saturated heterocycles. The second-order valence-corrected chi connectivity index (χ2v) is 20.8. The molecule has 4 heterocycles. The standard InChI is InChI=1S/C69H50N2O4/c1-39(2)50-25-27-55-53-20-12-14-22-61(53)74-69(55)66(50)71(48-17-9-6-10-18-48)49-24-23-42-34-57-56-29-30-62-65(68(56)75-63(57)37-44(42)33-49)58-35-43-32-46(59(36-45(43)38-64(58)72-62)70-47-15-7-5-8-16-47)31-40(3)51-26-28-54-52-19-11-13-21-60(52)73-67(54)41(51)4/h5-30,32-40,70H,31H2,1-4H3. The van der Waals surface area contributed by atoms with Crippen molar-refractivity contribution in [2.24, 2.45) is 0 Å². The molecule has 0 aliphatic carbocycles. The van der Waals surface area contributed by atoms with Gasteiger partial charge >= 0.3 is 0 Å². The molecule has 11 aromatic carbocycles. The zero-order valence-electron chi connectivity index (χ0n) is 42.0. The summed E-state index contributed by atoms with van der Waals surface area (Å²) < 4.78 is 27.0. The van der Waals surface area contributed by atoms with E-state index in [9.17, 15) is 0 Å². The number of nitrogens with zero attached hydrogens (tertiary/aromatic N) is 1. The summed E-state index contributed by atoms with van der Waals surface area (Å²) in [5.41, 5.74) is 17.1. The third kappa shape index (κ3) is 6.86. The van der Waals surface area contributed by atoms with E-state index in [-0.39, 0.29) is 11.8 Å². The fourth-order valence-corrected chi connectivity index (χ4v) is 12.2. The van der Waals surface area contributed by atoms with E-state index in [0.29, 0.717) is 0 Å².